The number of ether oxygens (including phenoxy) is 1. The minimum absolute atomic E-state index is 0.00793. The molecule has 104 valence electrons. The van der Waals surface area contributed by atoms with Gasteiger partial charge in [0, 0.05) is 10.2 Å². The Morgan fingerprint density at radius 1 is 1.30 bits per heavy atom. The van der Waals surface area contributed by atoms with Crippen molar-refractivity contribution in [2.24, 2.45) is 0 Å². The number of benzene rings is 2. The van der Waals surface area contributed by atoms with Gasteiger partial charge in [0.1, 0.15) is 12.4 Å². The van der Waals surface area contributed by atoms with E-state index < -0.39 is 11.8 Å². The van der Waals surface area contributed by atoms with Crippen LogP contribution < -0.4 is 5.73 Å². The molecule has 0 aliphatic heterocycles. The smallest absolute Gasteiger partial charge is 0.338 e. The molecule has 3 nitrogen and oxygen atoms in total. The Balaban J connectivity index is 2.04. The van der Waals surface area contributed by atoms with E-state index >= 15 is 0 Å². The number of halogens is 3. The highest BCUT2D eigenvalue weighted by Crippen LogP contribution is 2.21. The molecule has 0 saturated heterocycles. The van der Waals surface area contributed by atoms with Crippen molar-refractivity contribution in [2.45, 2.75) is 6.61 Å². The highest BCUT2D eigenvalue weighted by Gasteiger charge is 2.10. The monoisotopic (exact) mass is 357 g/mol. The van der Waals surface area contributed by atoms with Crippen molar-refractivity contribution in [3.63, 3.8) is 0 Å². The lowest BCUT2D eigenvalue weighted by atomic mass is 10.2. The van der Waals surface area contributed by atoms with Gasteiger partial charge in [0.15, 0.2) is 0 Å². The van der Waals surface area contributed by atoms with Crippen molar-refractivity contribution >= 4 is 39.2 Å². The zero-order valence-electron chi connectivity index (χ0n) is 10.2. The van der Waals surface area contributed by atoms with Crippen molar-refractivity contribution in [1.82, 2.24) is 0 Å². The van der Waals surface area contributed by atoms with Crippen molar-refractivity contribution in [2.75, 3.05) is 5.73 Å². The summed E-state index contributed by atoms with van der Waals surface area (Å²) in [4.78, 5) is 11.8. The topological polar surface area (TPSA) is 52.3 Å². The SMILES string of the molecule is Nc1cc(C(=O)OCc2ccc(F)c(Cl)c2)ccc1Br. The van der Waals surface area contributed by atoms with Crippen molar-refractivity contribution < 1.29 is 13.9 Å². The van der Waals surface area contributed by atoms with E-state index in [4.69, 9.17) is 22.1 Å². The van der Waals surface area contributed by atoms with Gasteiger partial charge in [-0.25, -0.2) is 9.18 Å². The van der Waals surface area contributed by atoms with Crippen LogP contribution >= 0.6 is 27.5 Å². The van der Waals surface area contributed by atoms with Crippen LogP contribution in [-0.2, 0) is 11.3 Å². The zero-order valence-corrected chi connectivity index (χ0v) is 12.5. The number of carbonyl (C=O) groups is 1. The number of esters is 1. The normalized spacial score (nSPS) is 10.3. The number of rotatable bonds is 3. The lowest BCUT2D eigenvalue weighted by Crippen LogP contribution is -2.06. The van der Waals surface area contributed by atoms with Gasteiger partial charge in [0.25, 0.3) is 0 Å². The van der Waals surface area contributed by atoms with E-state index in [1.165, 1.54) is 24.3 Å². The summed E-state index contributed by atoms with van der Waals surface area (Å²) in [7, 11) is 0. The van der Waals surface area contributed by atoms with Gasteiger partial charge in [-0.2, -0.15) is 0 Å². The quantitative estimate of drug-likeness (QED) is 0.661. The van der Waals surface area contributed by atoms with E-state index in [1.54, 1.807) is 12.1 Å². The van der Waals surface area contributed by atoms with E-state index in [9.17, 15) is 9.18 Å². The molecule has 0 saturated carbocycles. The van der Waals surface area contributed by atoms with Crippen molar-refractivity contribution in [1.29, 1.82) is 0 Å². The van der Waals surface area contributed by atoms with Gasteiger partial charge in [0.05, 0.1) is 10.6 Å². The Hall–Kier alpha value is -1.59. The Kier molecular flexibility index (Phi) is 4.62. The average molecular weight is 359 g/mol. The predicted molar refractivity (Wildman–Crippen MR) is 79.1 cm³/mol. The van der Waals surface area contributed by atoms with Gasteiger partial charge in [-0.05, 0) is 51.8 Å². The summed E-state index contributed by atoms with van der Waals surface area (Å²) in [6.07, 6.45) is 0. The van der Waals surface area contributed by atoms with Crippen LogP contribution in [0.1, 0.15) is 15.9 Å². The fourth-order valence-corrected chi connectivity index (χ4v) is 1.98. The summed E-state index contributed by atoms with van der Waals surface area (Å²) in [5.74, 6) is -1.02. The van der Waals surface area contributed by atoms with Crippen LogP contribution in [0.3, 0.4) is 0 Å². The third-order valence-corrected chi connectivity index (χ3v) is 3.60. The maximum absolute atomic E-state index is 13.0. The lowest BCUT2D eigenvalue weighted by Gasteiger charge is -2.07. The number of anilines is 1. The molecule has 0 spiro atoms. The minimum Gasteiger partial charge on any atom is -0.457 e. The van der Waals surface area contributed by atoms with Gasteiger partial charge in [-0.3, -0.25) is 0 Å². The molecule has 2 aromatic rings. The largest absolute Gasteiger partial charge is 0.457 e. The summed E-state index contributed by atoms with van der Waals surface area (Å²) in [5, 5.41) is -0.00793. The molecule has 0 atom stereocenters. The molecule has 0 bridgehead atoms. The van der Waals surface area contributed by atoms with Gasteiger partial charge >= 0.3 is 5.97 Å². The minimum atomic E-state index is -0.512. The van der Waals surface area contributed by atoms with E-state index in [2.05, 4.69) is 15.9 Å². The first-order valence-electron chi connectivity index (χ1n) is 5.63. The summed E-state index contributed by atoms with van der Waals surface area (Å²) in [6, 6.07) is 8.93. The molecule has 20 heavy (non-hydrogen) atoms. The molecule has 0 aliphatic rings. The van der Waals surface area contributed by atoms with Crippen molar-refractivity contribution in [3.05, 3.63) is 62.8 Å². The third kappa shape index (κ3) is 3.49. The molecule has 2 N–H and O–H groups in total. The first kappa shape index (κ1) is 14.8. The molecule has 2 aromatic carbocycles. The van der Waals surface area contributed by atoms with Crippen LogP contribution in [0.15, 0.2) is 40.9 Å². The number of hydrogen-bond donors (Lipinski definition) is 1. The van der Waals surface area contributed by atoms with Gasteiger partial charge < -0.3 is 10.5 Å². The van der Waals surface area contributed by atoms with Crippen molar-refractivity contribution in [3.8, 4) is 0 Å². The average Bonchev–Trinajstić information content (AvgIpc) is 2.43. The second-order valence-electron chi connectivity index (χ2n) is 4.06. The van der Waals surface area contributed by atoms with E-state index in [-0.39, 0.29) is 11.6 Å². The molecule has 0 aliphatic carbocycles. The molecule has 0 amide bonds. The first-order valence-corrected chi connectivity index (χ1v) is 6.80. The van der Waals surface area contributed by atoms with Gasteiger partial charge in [-0.15, -0.1) is 0 Å². The third-order valence-electron chi connectivity index (χ3n) is 2.59. The maximum Gasteiger partial charge on any atom is 0.338 e. The molecular formula is C14H10BrClFNO2. The van der Waals surface area contributed by atoms with Crippen LogP contribution in [0.2, 0.25) is 5.02 Å². The summed E-state index contributed by atoms with van der Waals surface area (Å²) < 4.78 is 18.8. The molecule has 2 rings (SSSR count). The zero-order chi connectivity index (χ0) is 14.7. The van der Waals surface area contributed by atoms with Crippen LogP contribution in [0.25, 0.3) is 0 Å². The fourth-order valence-electron chi connectivity index (χ4n) is 1.53. The number of hydrogen-bond acceptors (Lipinski definition) is 3. The molecule has 0 fully saturated rings. The highest BCUT2D eigenvalue weighted by molar-refractivity contribution is 9.10. The second kappa shape index (κ2) is 6.24. The molecule has 0 aromatic heterocycles. The van der Waals surface area contributed by atoms with Crippen LogP contribution in [0.4, 0.5) is 10.1 Å². The molecule has 0 unspecified atom stereocenters. The fraction of sp³-hybridized carbons (Fsp3) is 0.0714. The van der Waals surface area contributed by atoms with E-state index in [0.29, 0.717) is 21.3 Å². The summed E-state index contributed by atoms with van der Waals surface area (Å²) >= 11 is 8.89. The molecule has 0 radical (unpaired) electrons. The van der Waals surface area contributed by atoms with Gasteiger partial charge in [-0.1, -0.05) is 17.7 Å². The summed E-state index contributed by atoms with van der Waals surface area (Å²) in [6.45, 7) is 0.00873. The highest BCUT2D eigenvalue weighted by atomic mass is 79.9. The predicted octanol–water partition coefficient (Wildman–Crippen LogP) is 4.18. The Morgan fingerprint density at radius 2 is 2.05 bits per heavy atom. The molecule has 0 heterocycles. The Bertz CT molecular complexity index is 664. The first-order chi connectivity index (χ1) is 9.47. The number of carbonyl (C=O) groups excluding carboxylic acids is 1. The standard InChI is InChI=1S/C14H10BrClFNO2/c15-10-3-2-9(6-13(10)18)14(19)20-7-8-1-4-12(17)11(16)5-8/h1-6H,7,18H2. The number of nitrogen functional groups attached to an aromatic ring is 1. The molecule has 6 heteroatoms. The van der Waals surface area contributed by atoms with Crippen LogP contribution in [-0.4, -0.2) is 5.97 Å². The molecular weight excluding hydrogens is 349 g/mol. The maximum atomic E-state index is 13.0. The lowest BCUT2D eigenvalue weighted by molar-refractivity contribution is 0.0472. The van der Waals surface area contributed by atoms with Gasteiger partial charge in [0.2, 0.25) is 0 Å². The second-order valence-corrected chi connectivity index (χ2v) is 5.32. The van der Waals surface area contributed by atoms with E-state index in [0.717, 1.165) is 0 Å². The Labute approximate surface area is 128 Å². The summed E-state index contributed by atoms with van der Waals surface area (Å²) in [5.41, 5.74) is 7.09. The van der Waals surface area contributed by atoms with E-state index in [1.807, 2.05) is 0 Å². The Morgan fingerprint density at radius 3 is 2.70 bits per heavy atom. The van der Waals surface area contributed by atoms with Crippen LogP contribution in [0.5, 0.6) is 0 Å². The van der Waals surface area contributed by atoms with Crippen LogP contribution in [0, 0.1) is 5.82 Å². The number of nitrogens with two attached hydrogens (primary N) is 1.